The Morgan fingerprint density at radius 1 is 1.38 bits per heavy atom. The molecule has 24 heavy (non-hydrogen) atoms. The molecule has 5 nitrogen and oxygen atoms in total. The van der Waals surface area contributed by atoms with E-state index in [1.807, 2.05) is 30.3 Å². The fourth-order valence-corrected chi connectivity index (χ4v) is 3.22. The van der Waals surface area contributed by atoms with Crippen LogP contribution in [0.5, 0.6) is 0 Å². The summed E-state index contributed by atoms with van der Waals surface area (Å²) in [5.74, 6) is 0.671. The molecule has 0 radical (unpaired) electrons. The molecule has 0 aliphatic carbocycles. The van der Waals surface area contributed by atoms with Crippen LogP contribution in [0.3, 0.4) is 0 Å². The van der Waals surface area contributed by atoms with Crippen molar-refractivity contribution in [3.05, 3.63) is 41.6 Å². The maximum absolute atomic E-state index is 12.2. The van der Waals surface area contributed by atoms with Crippen LogP contribution >= 0.6 is 0 Å². The van der Waals surface area contributed by atoms with Crippen molar-refractivity contribution in [3.8, 4) is 11.3 Å². The zero-order valence-corrected chi connectivity index (χ0v) is 14.5. The summed E-state index contributed by atoms with van der Waals surface area (Å²) in [5, 5.41) is 10.1. The fraction of sp³-hybridized carbons (Fsp3) is 0.474. The van der Waals surface area contributed by atoms with E-state index in [-0.39, 0.29) is 5.91 Å². The first-order valence-electron chi connectivity index (χ1n) is 8.75. The Labute approximate surface area is 143 Å². The minimum Gasteiger partial charge on any atom is -0.349 e. The summed E-state index contributed by atoms with van der Waals surface area (Å²) in [6.45, 7) is 8.21. The van der Waals surface area contributed by atoms with E-state index in [4.69, 9.17) is 0 Å². The minimum absolute atomic E-state index is 0.0917. The molecule has 1 atom stereocenters. The van der Waals surface area contributed by atoms with E-state index in [1.165, 1.54) is 18.4 Å². The van der Waals surface area contributed by atoms with E-state index >= 15 is 0 Å². The number of nitrogens with zero attached hydrogens (tertiary/aromatic N) is 2. The van der Waals surface area contributed by atoms with E-state index in [0.717, 1.165) is 36.8 Å². The lowest BCUT2D eigenvalue weighted by Gasteiger charge is -2.30. The third kappa shape index (κ3) is 4.23. The Balaban J connectivity index is 1.51. The summed E-state index contributed by atoms with van der Waals surface area (Å²) in [7, 11) is 0. The number of aromatic amines is 1. The standard InChI is InChI=1S/C19H26N4O/c1-14-5-7-16(8-6-14)17-12-18(22-21-17)19(24)20-9-11-23-10-3-4-15(2)13-23/h5-8,12,15H,3-4,9-11,13H2,1-2H3,(H,20,24)(H,21,22). The predicted molar refractivity (Wildman–Crippen MR) is 95.9 cm³/mol. The molecule has 128 valence electrons. The summed E-state index contributed by atoms with van der Waals surface area (Å²) in [5.41, 5.74) is 3.53. The Morgan fingerprint density at radius 3 is 2.92 bits per heavy atom. The highest BCUT2D eigenvalue weighted by molar-refractivity contribution is 5.93. The van der Waals surface area contributed by atoms with Crippen molar-refractivity contribution < 1.29 is 4.79 Å². The molecule has 1 aliphatic heterocycles. The highest BCUT2D eigenvalue weighted by Crippen LogP contribution is 2.18. The lowest BCUT2D eigenvalue weighted by molar-refractivity contribution is 0.0939. The second-order valence-corrected chi connectivity index (χ2v) is 6.84. The van der Waals surface area contributed by atoms with Crippen molar-refractivity contribution in [1.29, 1.82) is 0 Å². The van der Waals surface area contributed by atoms with Gasteiger partial charge in [0.05, 0.1) is 5.69 Å². The van der Waals surface area contributed by atoms with Crippen LogP contribution in [0.1, 0.15) is 35.8 Å². The quantitative estimate of drug-likeness (QED) is 0.888. The molecule has 5 heteroatoms. The number of likely N-dealkylation sites (tertiary alicyclic amines) is 1. The highest BCUT2D eigenvalue weighted by atomic mass is 16.1. The lowest BCUT2D eigenvalue weighted by atomic mass is 10.0. The van der Waals surface area contributed by atoms with Crippen LogP contribution in [0.2, 0.25) is 0 Å². The number of aryl methyl sites for hydroxylation is 1. The molecule has 2 aromatic rings. The first-order valence-corrected chi connectivity index (χ1v) is 8.75. The maximum Gasteiger partial charge on any atom is 0.269 e. The summed E-state index contributed by atoms with van der Waals surface area (Å²) in [6, 6.07) is 9.94. The number of rotatable bonds is 5. The SMILES string of the molecule is Cc1ccc(-c2cc(C(=O)NCCN3CCCC(C)C3)[nH]n2)cc1. The molecule has 1 amide bonds. The van der Waals surface area contributed by atoms with Crippen molar-refractivity contribution in [2.75, 3.05) is 26.2 Å². The molecule has 1 saturated heterocycles. The van der Waals surface area contributed by atoms with Gasteiger partial charge in [-0.2, -0.15) is 5.10 Å². The first-order chi connectivity index (χ1) is 11.6. The van der Waals surface area contributed by atoms with Crippen LogP contribution in [0.4, 0.5) is 0 Å². The molecule has 1 unspecified atom stereocenters. The second-order valence-electron chi connectivity index (χ2n) is 6.84. The molecule has 0 bridgehead atoms. The number of carbonyl (C=O) groups excluding carboxylic acids is 1. The molecular weight excluding hydrogens is 300 g/mol. The molecule has 1 aromatic heterocycles. The number of hydrogen-bond donors (Lipinski definition) is 2. The Hall–Kier alpha value is -2.14. The van der Waals surface area contributed by atoms with E-state index in [1.54, 1.807) is 0 Å². The van der Waals surface area contributed by atoms with E-state index in [0.29, 0.717) is 12.2 Å². The average molecular weight is 326 g/mol. The van der Waals surface area contributed by atoms with E-state index in [2.05, 4.69) is 34.3 Å². The Bertz CT molecular complexity index is 677. The summed E-state index contributed by atoms with van der Waals surface area (Å²) in [6.07, 6.45) is 2.58. The predicted octanol–water partition coefficient (Wildman–Crippen LogP) is 2.85. The summed E-state index contributed by atoms with van der Waals surface area (Å²) in [4.78, 5) is 14.7. The summed E-state index contributed by atoms with van der Waals surface area (Å²) < 4.78 is 0. The zero-order valence-electron chi connectivity index (χ0n) is 14.5. The number of hydrogen-bond acceptors (Lipinski definition) is 3. The molecular formula is C19H26N4O. The molecule has 1 fully saturated rings. The average Bonchev–Trinajstić information content (AvgIpc) is 3.05. The first kappa shape index (κ1) is 16.7. The monoisotopic (exact) mass is 326 g/mol. The van der Waals surface area contributed by atoms with Gasteiger partial charge in [0.25, 0.3) is 5.91 Å². The minimum atomic E-state index is -0.0917. The number of nitrogens with one attached hydrogen (secondary N) is 2. The number of carbonyl (C=O) groups is 1. The number of amides is 1. The van der Waals surface area contributed by atoms with Gasteiger partial charge in [-0.3, -0.25) is 9.89 Å². The third-order valence-electron chi connectivity index (χ3n) is 4.62. The highest BCUT2D eigenvalue weighted by Gasteiger charge is 2.16. The number of benzene rings is 1. The van der Waals surface area contributed by atoms with Gasteiger partial charge in [-0.25, -0.2) is 0 Å². The fourth-order valence-electron chi connectivity index (χ4n) is 3.22. The third-order valence-corrected chi connectivity index (χ3v) is 4.62. The maximum atomic E-state index is 12.2. The van der Waals surface area contributed by atoms with Gasteiger partial charge in [-0.1, -0.05) is 36.8 Å². The van der Waals surface area contributed by atoms with Gasteiger partial charge in [0.2, 0.25) is 0 Å². The van der Waals surface area contributed by atoms with Crippen molar-refractivity contribution in [3.63, 3.8) is 0 Å². The zero-order chi connectivity index (χ0) is 16.9. The van der Waals surface area contributed by atoms with Gasteiger partial charge >= 0.3 is 0 Å². The van der Waals surface area contributed by atoms with Gasteiger partial charge in [-0.15, -0.1) is 0 Å². The van der Waals surface area contributed by atoms with Crippen LogP contribution in [-0.4, -0.2) is 47.2 Å². The topological polar surface area (TPSA) is 61.0 Å². The molecule has 1 aliphatic rings. The second kappa shape index (κ2) is 7.62. The normalized spacial score (nSPS) is 18.5. The number of H-pyrrole nitrogens is 1. The van der Waals surface area contributed by atoms with Gasteiger partial charge in [0.15, 0.2) is 0 Å². The van der Waals surface area contributed by atoms with Crippen LogP contribution in [0, 0.1) is 12.8 Å². The van der Waals surface area contributed by atoms with Gasteiger partial charge in [0, 0.05) is 25.2 Å². The number of piperidine rings is 1. The van der Waals surface area contributed by atoms with Gasteiger partial charge in [-0.05, 0) is 38.3 Å². The molecule has 2 N–H and O–H groups in total. The molecule has 2 heterocycles. The Kier molecular flexibility index (Phi) is 5.30. The van der Waals surface area contributed by atoms with Crippen molar-refractivity contribution >= 4 is 5.91 Å². The van der Waals surface area contributed by atoms with Crippen molar-refractivity contribution in [2.45, 2.75) is 26.7 Å². The lowest BCUT2D eigenvalue weighted by Crippen LogP contribution is -2.40. The molecule has 1 aromatic carbocycles. The smallest absolute Gasteiger partial charge is 0.269 e. The molecule has 0 saturated carbocycles. The van der Waals surface area contributed by atoms with Crippen LogP contribution < -0.4 is 5.32 Å². The van der Waals surface area contributed by atoms with E-state index in [9.17, 15) is 4.79 Å². The van der Waals surface area contributed by atoms with Gasteiger partial charge < -0.3 is 10.2 Å². The van der Waals surface area contributed by atoms with Crippen molar-refractivity contribution in [2.24, 2.45) is 5.92 Å². The van der Waals surface area contributed by atoms with Crippen LogP contribution in [-0.2, 0) is 0 Å². The molecule has 0 spiro atoms. The Morgan fingerprint density at radius 2 is 2.17 bits per heavy atom. The van der Waals surface area contributed by atoms with Crippen molar-refractivity contribution in [1.82, 2.24) is 20.4 Å². The number of aromatic nitrogens is 2. The summed E-state index contributed by atoms with van der Waals surface area (Å²) >= 11 is 0. The van der Waals surface area contributed by atoms with Crippen LogP contribution in [0.25, 0.3) is 11.3 Å². The van der Waals surface area contributed by atoms with Crippen LogP contribution in [0.15, 0.2) is 30.3 Å². The van der Waals surface area contributed by atoms with Gasteiger partial charge in [0.1, 0.15) is 5.69 Å². The van der Waals surface area contributed by atoms with E-state index < -0.39 is 0 Å². The molecule has 3 rings (SSSR count). The largest absolute Gasteiger partial charge is 0.349 e.